The fourth-order valence-corrected chi connectivity index (χ4v) is 16.1. The Bertz CT molecular complexity index is 830. The first-order chi connectivity index (χ1) is 15.3. The highest BCUT2D eigenvalue weighted by atomic mass is 28.5. The molecule has 0 saturated carbocycles. The number of aryl methyl sites for hydroxylation is 1. The second kappa shape index (κ2) is 11.8. The van der Waals surface area contributed by atoms with Gasteiger partial charge in [-0.1, -0.05) is 6.07 Å². The number of benzene rings is 1. The van der Waals surface area contributed by atoms with E-state index in [0.29, 0.717) is 17.9 Å². The lowest BCUT2D eigenvalue weighted by atomic mass is 10.1. The van der Waals surface area contributed by atoms with E-state index in [1.54, 1.807) is 6.07 Å². The van der Waals surface area contributed by atoms with Crippen LogP contribution in [-0.4, -0.2) is 49.3 Å². The van der Waals surface area contributed by atoms with Gasteiger partial charge in [0, 0.05) is 23.5 Å². The van der Waals surface area contributed by atoms with Crippen molar-refractivity contribution in [1.29, 1.82) is 0 Å². The number of urea groups is 2. The smallest absolute Gasteiger partial charge is 0.319 e. The van der Waals surface area contributed by atoms with E-state index in [1.807, 2.05) is 39.8 Å². The predicted octanol–water partition coefficient (Wildman–Crippen LogP) is 6.20. The van der Waals surface area contributed by atoms with Crippen LogP contribution in [0.15, 0.2) is 18.2 Å². The van der Waals surface area contributed by atoms with Gasteiger partial charge < -0.3 is 29.5 Å². The van der Waals surface area contributed by atoms with Crippen molar-refractivity contribution in [3.8, 4) is 0 Å². The molecule has 1 aromatic carbocycles. The zero-order valence-corrected chi connectivity index (χ0v) is 26.0. The van der Waals surface area contributed by atoms with E-state index < -0.39 is 25.2 Å². The molecule has 194 valence electrons. The molecular weight excluding hydrogens is 481 g/mol. The summed E-state index contributed by atoms with van der Waals surface area (Å²) >= 11 is 0. The normalized spacial score (nSPS) is 12.8. The Kier molecular flexibility index (Phi) is 10.6. The first-order valence-electron chi connectivity index (χ1n) is 11.9. The van der Waals surface area contributed by atoms with Crippen molar-refractivity contribution in [1.82, 2.24) is 10.6 Å². The first-order valence-corrected chi connectivity index (χ1v) is 21.3. The number of carbonyl (C=O) groups excluding carboxylic acids is 2. The zero-order chi connectivity index (χ0) is 26.4. The molecule has 0 unspecified atom stereocenters. The first kappa shape index (κ1) is 30.4. The minimum Gasteiger partial charge on any atom is -0.437 e. The summed E-state index contributed by atoms with van der Waals surface area (Å²) in [6.45, 7) is 23.5. The van der Waals surface area contributed by atoms with E-state index in [-0.39, 0.29) is 17.6 Å². The fourth-order valence-electron chi connectivity index (χ4n) is 3.53. The summed E-state index contributed by atoms with van der Waals surface area (Å²) in [5.41, 5.74) is 1.82. The molecule has 0 atom stereocenters. The maximum absolute atomic E-state index is 12.5. The predicted molar refractivity (Wildman–Crippen MR) is 150 cm³/mol. The fraction of sp³-hybridized carbons (Fsp3) is 0.652. The molecule has 0 aromatic heterocycles. The molecule has 1 aromatic rings. The summed E-state index contributed by atoms with van der Waals surface area (Å²) in [4.78, 5) is 24.6. The molecule has 4 amide bonds. The third-order valence-electron chi connectivity index (χ3n) is 4.37. The quantitative estimate of drug-likeness (QED) is 0.215. The van der Waals surface area contributed by atoms with E-state index in [9.17, 15) is 9.59 Å². The molecule has 0 spiro atoms. The highest BCUT2D eigenvalue weighted by Crippen LogP contribution is 2.25. The largest absolute Gasteiger partial charge is 0.437 e. The van der Waals surface area contributed by atoms with Gasteiger partial charge in [0.1, 0.15) is 0 Å². The van der Waals surface area contributed by atoms with E-state index in [1.165, 1.54) is 0 Å². The van der Waals surface area contributed by atoms with Gasteiger partial charge in [-0.3, -0.25) is 0 Å². The van der Waals surface area contributed by atoms with Crippen LogP contribution in [0.2, 0.25) is 51.9 Å². The van der Waals surface area contributed by atoms with Gasteiger partial charge in [0.05, 0.1) is 0 Å². The lowest BCUT2D eigenvalue weighted by molar-refractivity contribution is 0.243. The number of hydrogen-bond donors (Lipinski definition) is 4. The Morgan fingerprint density at radius 3 is 1.94 bits per heavy atom. The van der Waals surface area contributed by atoms with Crippen LogP contribution < -0.4 is 21.3 Å². The second-order valence-corrected chi connectivity index (χ2v) is 24.8. The molecule has 0 radical (unpaired) electrons. The molecule has 11 heteroatoms. The van der Waals surface area contributed by atoms with Crippen molar-refractivity contribution in [2.24, 2.45) is 0 Å². The number of rotatable bonds is 10. The SMILES string of the molecule is Cc1ccc(NC(=O)NC(C)(C)C)cc1NC(=O)NCCC[Si](C)(O[Si](C)(C)C)O[Si](C)(C)C. The van der Waals surface area contributed by atoms with Crippen LogP contribution in [0.25, 0.3) is 0 Å². The number of carbonyl (C=O) groups is 2. The topological polar surface area (TPSA) is 101 Å². The number of anilines is 2. The Morgan fingerprint density at radius 2 is 1.44 bits per heavy atom. The van der Waals surface area contributed by atoms with Crippen molar-refractivity contribution in [3.63, 3.8) is 0 Å². The Balaban J connectivity index is 2.65. The molecule has 34 heavy (non-hydrogen) atoms. The molecule has 0 fully saturated rings. The van der Waals surface area contributed by atoms with Gasteiger partial charge in [-0.25, -0.2) is 9.59 Å². The monoisotopic (exact) mass is 526 g/mol. The molecular formula is C23H46N4O4Si3. The summed E-state index contributed by atoms with van der Waals surface area (Å²) in [5, 5.41) is 11.5. The number of nitrogens with one attached hydrogen (secondary N) is 4. The van der Waals surface area contributed by atoms with Crippen LogP contribution in [-0.2, 0) is 8.23 Å². The van der Waals surface area contributed by atoms with E-state index in [2.05, 4.69) is 67.1 Å². The molecule has 0 aliphatic heterocycles. The summed E-state index contributed by atoms with van der Waals surface area (Å²) < 4.78 is 13.0. The minimum absolute atomic E-state index is 0.278. The average molecular weight is 527 g/mol. The Labute approximate surface area is 209 Å². The van der Waals surface area contributed by atoms with Crippen LogP contribution in [0.1, 0.15) is 32.8 Å². The van der Waals surface area contributed by atoms with E-state index in [0.717, 1.165) is 18.0 Å². The van der Waals surface area contributed by atoms with Gasteiger partial charge in [-0.05, 0) is 104 Å². The molecule has 0 heterocycles. The molecule has 1 rings (SSSR count). The van der Waals surface area contributed by atoms with E-state index in [4.69, 9.17) is 8.23 Å². The van der Waals surface area contributed by atoms with Gasteiger partial charge in [0.25, 0.3) is 0 Å². The van der Waals surface area contributed by atoms with Crippen LogP contribution in [0.3, 0.4) is 0 Å². The Morgan fingerprint density at radius 1 is 0.882 bits per heavy atom. The van der Waals surface area contributed by atoms with Crippen molar-refractivity contribution < 1.29 is 17.8 Å². The van der Waals surface area contributed by atoms with Crippen molar-refractivity contribution in [3.05, 3.63) is 23.8 Å². The van der Waals surface area contributed by atoms with E-state index >= 15 is 0 Å². The summed E-state index contributed by atoms with van der Waals surface area (Å²) in [5.74, 6) is 0. The molecule has 0 saturated heterocycles. The van der Waals surface area contributed by atoms with Crippen LogP contribution in [0, 0.1) is 6.92 Å². The average Bonchev–Trinajstić information content (AvgIpc) is 2.56. The van der Waals surface area contributed by atoms with Gasteiger partial charge in [-0.15, -0.1) is 0 Å². The number of hydrogen-bond acceptors (Lipinski definition) is 4. The molecule has 0 aliphatic rings. The van der Waals surface area contributed by atoms with Gasteiger partial charge >= 0.3 is 20.6 Å². The lowest BCUT2D eigenvalue weighted by Crippen LogP contribution is -2.52. The summed E-state index contributed by atoms with van der Waals surface area (Å²) in [6.07, 6.45) is 0.790. The summed E-state index contributed by atoms with van der Waals surface area (Å²) in [7, 11) is -5.79. The van der Waals surface area contributed by atoms with Crippen molar-refractivity contribution in [2.45, 2.75) is 91.5 Å². The zero-order valence-electron chi connectivity index (χ0n) is 23.0. The highest BCUT2D eigenvalue weighted by molar-refractivity contribution is 6.87. The molecule has 8 nitrogen and oxygen atoms in total. The van der Waals surface area contributed by atoms with Gasteiger partial charge in [-0.2, -0.15) is 0 Å². The van der Waals surface area contributed by atoms with Crippen LogP contribution >= 0.6 is 0 Å². The molecule has 4 N–H and O–H groups in total. The highest BCUT2D eigenvalue weighted by Gasteiger charge is 2.39. The minimum atomic E-state index is -2.31. The van der Waals surface area contributed by atoms with Crippen molar-refractivity contribution >= 4 is 48.6 Å². The standard InChI is InChI=1S/C23H46N4O4Si3/c1-18-13-14-19(25-22(29)27-23(2,3)4)17-20(18)26-21(28)24-15-12-16-34(11,30-32(5,6)7)31-33(8,9)10/h13-14,17H,12,15-16H2,1-11H3,(H2,24,26,28)(H2,25,27,29). The maximum atomic E-state index is 12.5. The molecule has 0 bridgehead atoms. The van der Waals surface area contributed by atoms with Crippen LogP contribution in [0.4, 0.5) is 21.0 Å². The number of amides is 4. The third-order valence-corrected chi connectivity index (χ3v) is 14.0. The molecule has 0 aliphatic carbocycles. The third kappa shape index (κ3) is 13.3. The Hall–Kier alpha value is -1.67. The maximum Gasteiger partial charge on any atom is 0.319 e. The second-order valence-electron chi connectivity index (χ2n) is 11.9. The van der Waals surface area contributed by atoms with Crippen LogP contribution in [0.5, 0.6) is 0 Å². The van der Waals surface area contributed by atoms with Crippen molar-refractivity contribution in [2.75, 3.05) is 17.2 Å². The summed E-state index contributed by atoms with van der Waals surface area (Å²) in [6, 6.07) is 5.69. The lowest BCUT2D eigenvalue weighted by Gasteiger charge is -2.38. The van der Waals surface area contributed by atoms with Gasteiger partial charge in [0.2, 0.25) is 0 Å². The van der Waals surface area contributed by atoms with Gasteiger partial charge in [0.15, 0.2) is 16.6 Å².